The summed E-state index contributed by atoms with van der Waals surface area (Å²) < 4.78 is 0. The van der Waals surface area contributed by atoms with Gasteiger partial charge in [0.2, 0.25) is 0 Å². The second-order valence-electron chi connectivity index (χ2n) is 7.75. The van der Waals surface area contributed by atoms with Crippen LogP contribution in [0.25, 0.3) is 10.9 Å². The SMILES string of the molecule is O=C(c1ccccc1)c1ccc2[nH]cc(C3CCN4CCCC4C3)c2c1. The normalized spacial score (nSPS) is 23.2. The monoisotopic (exact) mass is 344 g/mol. The molecule has 0 amide bonds. The van der Waals surface area contributed by atoms with E-state index in [1.165, 1.54) is 49.7 Å². The first-order chi connectivity index (χ1) is 12.8. The predicted octanol–water partition coefficient (Wildman–Crippen LogP) is 4.74. The standard InChI is InChI=1S/C23H24N2O/c26-23(16-5-2-1-3-6-16)18-8-9-22-20(14-18)21(15-24-22)17-10-12-25-11-4-7-19(25)13-17/h1-3,5-6,8-9,14-15,17,19,24H,4,7,10-13H2. The average molecular weight is 344 g/mol. The molecule has 26 heavy (non-hydrogen) atoms. The van der Waals surface area contributed by atoms with Crippen LogP contribution in [0.3, 0.4) is 0 Å². The number of aromatic amines is 1. The number of nitrogens with zero attached hydrogens (tertiary/aromatic N) is 1. The molecule has 2 aliphatic rings. The molecule has 0 aliphatic carbocycles. The zero-order valence-corrected chi connectivity index (χ0v) is 14.9. The molecule has 132 valence electrons. The molecule has 2 fully saturated rings. The highest BCUT2D eigenvalue weighted by molar-refractivity contribution is 6.10. The Bertz CT molecular complexity index is 943. The lowest BCUT2D eigenvalue weighted by Crippen LogP contribution is -2.37. The highest BCUT2D eigenvalue weighted by Crippen LogP contribution is 2.39. The van der Waals surface area contributed by atoms with Crippen molar-refractivity contribution in [2.24, 2.45) is 0 Å². The van der Waals surface area contributed by atoms with Crippen molar-refractivity contribution in [1.82, 2.24) is 9.88 Å². The van der Waals surface area contributed by atoms with E-state index in [1.807, 2.05) is 36.4 Å². The van der Waals surface area contributed by atoms with Crippen molar-refractivity contribution in [2.45, 2.75) is 37.6 Å². The Balaban J connectivity index is 1.48. The molecule has 2 atom stereocenters. The lowest BCUT2D eigenvalue weighted by atomic mass is 9.85. The van der Waals surface area contributed by atoms with Gasteiger partial charge in [-0.2, -0.15) is 0 Å². The van der Waals surface area contributed by atoms with Crippen LogP contribution in [0.2, 0.25) is 0 Å². The van der Waals surface area contributed by atoms with Crippen molar-refractivity contribution in [2.75, 3.05) is 13.1 Å². The van der Waals surface area contributed by atoms with Crippen LogP contribution >= 0.6 is 0 Å². The number of aromatic nitrogens is 1. The van der Waals surface area contributed by atoms with Gasteiger partial charge < -0.3 is 9.88 Å². The Morgan fingerprint density at radius 1 is 1.00 bits per heavy atom. The molecule has 3 aromatic rings. The van der Waals surface area contributed by atoms with E-state index < -0.39 is 0 Å². The molecule has 1 N–H and O–H groups in total. The van der Waals surface area contributed by atoms with Gasteiger partial charge in [0.05, 0.1) is 0 Å². The topological polar surface area (TPSA) is 36.1 Å². The number of ketones is 1. The largest absolute Gasteiger partial charge is 0.361 e. The minimum absolute atomic E-state index is 0.102. The third-order valence-corrected chi connectivity index (χ3v) is 6.27. The van der Waals surface area contributed by atoms with Gasteiger partial charge in [-0.15, -0.1) is 0 Å². The van der Waals surface area contributed by atoms with Gasteiger partial charge in [0.15, 0.2) is 5.78 Å². The Morgan fingerprint density at radius 3 is 2.77 bits per heavy atom. The van der Waals surface area contributed by atoms with Gasteiger partial charge in [-0.3, -0.25) is 4.79 Å². The zero-order chi connectivity index (χ0) is 17.5. The fourth-order valence-electron chi connectivity index (χ4n) is 4.88. The van der Waals surface area contributed by atoms with E-state index in [2.05, 4.69) is 28.2 Å². The predicted molar refractivity (Wildman–Crippen MR) is 105 cm³/mol. The van der Waals surface area contributed by atoms with E-state index in [1.54, 1.807) is 0 Å². The third-order valence-electron chi connectivity index (χ3n) is 6.27. The Morgan fingerprint density at radius 2 is 1.88 bits per heavy atom. The van der Waals surface area contributed by atoms with Gasteiger partial charge in [0.1, 0.15) is 0 Å². The van der Waals surface area contributed by atoms with Crippen LogP contribution in [-0.4, -0.2) is 34.8 Å². The number of carbonyl (C=O) groups excluding carboxylic acids is 1. The van der Waals surface area contributed by atoms with Crippen molar-refractivity contribution in [3.8, 4) is 0 Å². The van der Waals surface area contributed by atoms with Crippen LogP contribution in [-0.2, 0) is 0 Å². The van der Waals surface area contributed by atoms with Gasteiger partial charge >= 0.3 is 0 Å². The molecular formula is C23H24N2O. The van der Waals surface area contributed by atoms with E-state index in [4.69, 9.17) is 0 Å². The number of H-pyrrole nitrogens is 1. The molecule has 5 rings (SSSR count). The summed E-state index contributed by atoms with van der Waals surface area (Å²) in [4.78, 5) is 18.9. The summed E-state index contributed by atoms with van der Waals surface area (Å²) in [7, 11) is 0. The molecule has 3 nitrogen and oxygen atoms in total. The van der Waals surface area contributed by atoms with Gasteiger partial charge in [-0.25, -0.2) is 0 Å². The highest BCUT2D eigenvalue weighted by atomic mass is 16.1. The molecule has 3 heterocycles. The first-order valence-electron chi connectivity index (χ1n) is 9.74. The van der Waals surface area contributed by atoms with Gasteiger partial charge in [0.25, 0.3) is 0 Å². The fourth-order valence-corrected chi connectivity index (χ4v) is 4.88. The van der Waals surface area contributed by atoms with Crippen molar-refractivity contribution < 1.29 is 4.79 Å². The summed E-state index contributed by atoms with van der Waals surface area (Å²) in [6.07, 6.45) is 7.35. The summed E-state index contributed by atoms with van der Waals surface area (Å²) in [6, 6.07) is 16.4. The van der Waals surface area contributed by atoms with Crippen molar-refractivity contribution in [3.63, 3.8) is 0 Å². The lowest BCUT2D eigenvalue weighted by molar-refractivity contribution is 0.103. The summed E-state index contributed by atoms with van der Waals surface area (Å²) in [5, 5.41) is 1.23. The summed E-state index contributed by atoms with van der Waals surface area (Å²) in [5.41, 5.74) is 4.07. The number of piperidine rings is 1. The number of fused-ring (bicyclic) bond motifs is 2. The molecule has 2 aliphatic heterocycles. The summed E-state index contributed by atoms with van der Waals surface area (Å²) in [5.74, 6) is 0.704. The van der Waals surface area contributed by atoms with E-state index in [-0.39, 0.29) is 5.78 Å². The maximum Gasteiger partial charge on any atom is 0.193 e. The van der Waals surface area contributed by atoms with E-state index in [0.717, 1.165) is 22.7 Å². The minimum atomic E-state index is 0.102. The molecule has 2 saturated heterocycles. The van der Waals surface area contributed by atoms with Gasteiger partial charge in [0, 0.05) is 34.3 Å². The fraction of sp³-hybridized carbons (Fsp3) is 0.348. The molecule has 1 aromatic heterocycles. The molecule has 2 unspecified atom stereocenters. The van der Waals surface area contributed by atoms with E-state index >= 15 is 0 Å². The maximum absolute atomic E-state index is 12.8. The molecule has 0 spiro atoms. The number of hydrogen-bond donors (Lipinski definition) is 1. The number of hydrogen-bond acceptors (Lipinski definition) is 2. The molecular weight excluding hydrogens is 320 g/mol. The number of nitrogens with one attached hydrogen (secondary N) is 1. The van der Waals surface area contributed by atoms with Crippen molar-refractivity contribution in [3.05, 3.63) is 71.4 Å². The second kappa shape index (κ2) is 6.40. The second-order valence-corrected chi connectivity index (χ2v) is 7.75. The van der Waals surface area contributed by atoms with Crippen LogP contribution in [0.4, 0.5) is 0 Å². The first kappa shape index (κ1) is 15.8. The lowest BCUT2D eigenvalue weighted by Gasteiger charge is -2.34. The smallest absolute Gasteiger partial charge is 0.193 e. The highest BCUT2D eigenvalue weighted by Gasteiger charge is 2.33. The molecule has 0 radical (unpaired) electrons. The first-order valence-corrected chi connectivity index (χ1v) is 9.74. The van der Waals surface area contributed by atoms with E-state index in [0.29, 0.717) is 5.92 Å². The summed E-state index contributed by atoms with van der Waals surface area (Å²) >= 11 is 0. The zero-order valence-electron chi connectivity index (χ0n) is 14.9. The Kier molecular flexibility index (Phi) is 3.90. The van der Waals surface area contributed by atoms with Crippen molar-refractivity contribution in [1.29, 1.82) is 0 Å². The van der Waals surface area contributed by atoms with Crippen LogP contribution in [0.15, 0.2) is 54.7 Å². The third kappa shape index (κ3) is 2.67. The molecule has 0 saturated carbocycles. The molecule has 0 bridgehead atoms. The molecule has 2 aromatic carbocycles. The van der Waals surface area contributed by atoms with Gasteiger partial charge in [-0.1, -0.05) is 30.3 Å². The minimum Gasteiger partial charge on any atom is -0.361 e. The number of carbonyl (C=O) groups is 1. The maximum atomic E-state index is 12.8. The summed E-state index contributed by atoms with van der Waals surface area (Å²) in [6.45, 7) is 2.49. The van der Waals surface area contributed by atoms with Crippen LogP contribution in [0.1, 0.15) is 53.1 Å². The number of benzene rings is 2. The van der Waals surface area contributed by atoms with Crippen LogP contribution in [0.5, 0.6) is 0 Å². The van der Waals surface area contributed by atoms with Gasteiger partial charge in [-0.05, 0) is 68.5 Å². The Labute approximate surface area is 154 Å². The quantitative estimate of drug-likeness (QED) is 0.697. The van der Waals surface area contributed by atoms with Crippen LogP contribution in [0, 0.1) is 0 Å². The van der Waals surface area contributed by atoms with Crippen molar-refractivity contribution >= 4 is 16.7 Å². The number of rotatable bonds is 3. The Hall–Kier alpha value is -2.39. The average Bonchev–Trinajstić information content (AvgIpc) is 3.33. The molecule has 3 heteroatoms. The van der Waals surface area contributed by atoms with E-state index in [9.17, 15) is 4.79 Å². The van der Waals surface area contributed by atoms with Crippen LogP contribution < -0.4 is 0 Å².